The average molecular weight is 427 g/mol. The smallest absolute Gasteiger partial charge is 0.271 e. The Kier molecular flexibility index (Phi) is 5.65. The van der Waals surface area contributed by atoms with Gasteiger partial charge in [0.25, 0.3) is 5.91 Å². The van der Waals surface area contributed by atoms with Gasteiger partial charge in [-0.1, -0.05) is 12.1 Å². The number of aromatic nitrogens is 3. The van der Waals surface area contributed by atoms with Crippen molar-refractivity contribution in [2.24, 2.45) is 0 Å². The van der Waals surface area contributed by atoms with Gasteiger partial charge < -0.3 is 19.9 Å². The number of benzene rings is 1. The maximum absolute atomic E-state index is 12.5. The van der Waals surface area contributed by atoms with Gasteiger partial charge in [-0.05, 0) is 25.0 Å². The van der Waals surface area contributed by atoms with Gasteiger partial charge in [-0.2, -0.15) is 0 Å². The summed E-state index contributed by atoms with van der Waals surface area (Å²) in [7, 11) is 0. The van der Waals surface area contributed by atoms with E-state index in [0.29, 0.717) is 18.3 Å². The number of hydrogen-bond donors (Lipinski definition) is 2. The van der Waals surface area contributed by atoms with Crippen molar-refractivity contribution >= 4 is 33.4 Å². The minimum Gasteiger partial charge on any atom is -0.379 e. The molecule has 2 saturated heterocycles. The van der Waals surface area contributed by atoms with E-state index in [2.05, 4.69) is 30.1 Å². The van der Waals surface area contributed by atoms with Gasteiger partial charge in [0.1, 0.15) is 11.5 Å². The topological polar surface area (TPSA) is 86.4 Å². The molecule has 30 heavy (non-hydrogen) atoms. The van der Waals surface area contributed by atoms with Crippen molar-refractivity contribution in [3.05, 3.63) is 41.2 Å². The molecule has 0 spiro atoms. The Morgan fingerprint density at radius 2 is 1.97 bits per heavy atom. The molecule has 1 amide bonds. The van der Waals surface area contributed by atoms with Gasteiger partial charge in [0.2, 0.25) is 0 Å². The Labute approximate surface area is 179 Å². The predicted molar refractivity (Wildman–Crippen MR) is 117 cm³/mol. The van der Waals surface area contributed by atoms with Crippen molar-refractivity contribution in [3.8, 4) is 0 Å². The lowest BCUT2D eigenvalue weighted by molar-refractivity contribution is 0.0115. The highest BCUT2D eigenvalue weighted by molar-refractivity contribution is 7.13. The summed E-state index contributed by atoms with van der Waals surface area (Å²) in [5, 5.41) is 5.70. The van der Waals surface area contributed by atoms with Crippen LogP contribution in [-0.2, 0) is 11.3 Å². The molecule has 4 heterocycles. The van der Waals surface area contributed by atoms with Crippen LogP contribution >= 0.6 is 11.3 Å². The number of hydrogen-bond acceptors (Lipinski definition) is 7. The number of rotatable bonds is 5. The van der Waals surface area contributed by atoms with E-state index >= 15 is 0 Å². The van der Waals surface area contributed by atoms with E-state index in [9.17, 15) is 4.79 Å². The number of piperidine rings is 1. The van der Waals surface area contributed by atoms with E-state index in [-0.39, 0.29) is 5.91 Å². The number of fused-ring (bicyclic) bond motifs is 1. The van der Waals surface area contributed by atoms with Crippen molar-refractivity contribution in [1.29, 1.82) is 0 Å². The second-order valence-corrected chi connectivity index (χ2v) is 8.60. The van der Waals surface area contributed by atoms with Gasteiger partial charge in [-0.25, -0.2) is 9.97 Å². The van der Waals surface area contributed by atoms with Gasteiger partial charge in [0, 0.05) is 37.6 Å². The number of nitrogens with zero attached hydrogens (tertiary/aromatic N) is 4. The first-order chi connectivity index (χ1) is 14.8. The zero-order chi connectivity index (χ0) is 20.3. The number of thiazole rings is 1. The Morgan fingerprint density at radius 3 is 2.77 bits per heavy atom. The zero-order valence-corrected chi connectivity index (χ0v) is 17.7. The fourth-order valence-corrected chi connectivity index (χ4v) is 5.08. The lowest BCUT2D eigenvalue weighted by Crippen LogP contribution is -2.49. The summed E-state index contributed by atoms with van der Waals surface area (Å²) < 4.78 is 5.47. The molecule has 2 aliphatic heterocycles. The minimum absolute atomic E-state index is 0.166. The minimum atomic E-state index is -0.166. The highest BCUT2D eigenvalue weighted by atomic mass is 32.1. The fraction of sp³-hybridized carbons (Fsp3) is 0.476. The first kappa shape index (κ1) is 19.5. The van der Waals surface area contributed by atoms with Crippen molar-refractivity contribution < 1.29 is 9.53 Å². The number of ether oxygens (including phenoxy) is 1. The molecule has 2 N–H and O–H groups in total. The number of imidazole rings is 1. The molecule has 2 aromatic heterocycles. The van der Waals surface area contributed by atoms with Crippen molar-refractivity contribution in [1.82, 2.24) is 25.2 Å². The number of H-pyrrole nitrogens is 1. The maximum atomic E-state index is 12.5. The van der Waals surface area contributed by atoms with Crippen molar-refractivity contribution in [2.45, 2.75) is 25.4 Å². The third kappa shape index (κ3) is 4.19. The number of nitrogens with one attached hydrogen (secondary N) is 2. The van der Waals surface area contributed by atoms with Gasteiger partial charge in [-0.3, -0.25) is 9.69 Å². The maximum Gasteiger partial charge on any atom is 0.271 e. The third-order valence-electron chi connectivity index (χ3n) is 5.88. The van der Waals surface area contributed by atoms with Crippen LogP contribution in [0.15, 0.2) is 29.6 Å². The van der Waals surface area contributed by atoms with Crippen LogP contribution in [0.2, 0.25) is 0 Å². The molecule has 158 valence electrons. The number of carbonyl (C=O) groups is 1. The van der Waals surface area contributed by atoms with Crippen LogP contribution in [0.1, 0.15) is 29.2 Å². The highest BCUT2D eigenvalue weighted by Crippen LogP contribution is 2.26. The van der Waals surface area contributed by atoms with Gasteiger partial charge in [0.05, 0.1) is 30.8 Å². The Bertz CT molecular complexity index is 971. The van der Waals surface area contributed by atoms with Crippen LogP contribution in [0.4, 0.5) is 5.13 Å². The molecule has 8 nitrogen and oxygen atoms in total. The number of amides is 1. The predicted octanol–water partition coefficient (Wildman–Crippen LogP) is 2.25. The van der Waals surface area contributed by atoms with Crippen LogP contribution in [0.3, 0.4) is 0 Å². The number of para-hydroxylation sites is 2. The first-order valence-electron chi connectivity index (χ1n) is 10.5. The van der Waals surface area contributed by atoms with E-state index in [4.69, 9.17) is 4.74 Å². The standard InChI is InChI=1S/C21H26N6O2S/c28-20(22-13-19-23-16-3-1-2-4-17(16)24-19)18-14-30-21(25-18)27-7-5-15(6-8-27)26-9-11-29-12-10-26/h1-4,14-15H,5-13H2,(H,22,28)(H,23,24). The molecule has 3 aromatic rings. The summed E-state index contributed by atoms with van der Waals surface area (Å²) >= 11 is 1.54. The van der Waals surface area contributed by atoms with Crippen LogP contribution < -0.4 is 10.2 Å². The molecule has 2 fully saturated rings. The SMILES string of the molecule is O=C(NCc1nc2ccccc2[nH]1)c1csc(N2CCC(N3CCOCC3)CC2)n1. The van der Waals surface area contributed by atoms with E-state index in [1.54, 1.807) is 11.3 Å². The summed E-state index contributed by atoms with van der Waals surface area (Å²) in [5.41, 5.74) is 2.35. The van der Waals surface area contributed by atoms with E-state index < -0.39 is 0 Å². The summed E-state index contributed by atoms with van der Waals surface area (Å²) in [6.45, 7) is 6.09. The molecule has 0 atom stereocenters. The molecule has 0 radical (unpaired) electrons. The van der Waals surface area contributed by atoms with E-state index in [0.717, 1.165) is 74.2 Å². The summed E-state index contributed by atoms with van der Waals surface area (Å²) in [4.78, 5) is 29.7. The second kappa shape index (κ2) is 8.71. The van der Waals surface area contributed by atoms with Gasteiger partial charge in [0.15, 0.2) is 5.13 Å². The van der Waals surface area contributed by atoms with Crippen molar-refractivity contribution in [3.63, 3.8) is 0 Å². The normalized spacial score (nSPS) is 18.7. The van der Waals surface area contributed by atoms with Gasteiger partial charge >= 0.3 is 0 Å². The Morgan fingerprint density at radius 1 is 1.17 bits per heavy atom. The molecule has 1 aromatic carbocycles. The molecule has 0 unspecified atom stereocenters. The molecule has 0 aliphatic carbocycles. The van der Waals surface area contributed by atoms with Crippen LogP contribution in [-0.4, -0.2) is 71.2 Å². The molecule has 5 rings (SSSR count). The number of morpholine rings is 1. The van der Waals surface area contributed by atoms with Crippen LogP contribution in [0, 0.1) is 0 Å². The average Bonchev–Trinajstić information content (AvgIpc) is 3.45. The van der Waals surface area contributed by atoms with E-state index in [1.807, 2.05) is 29.6 Å². The third-order valence-corrected chi connectivity index (χ3v) is 6.78. The van der Waals surface area contributed by atoms with Gasteiger partial charge in [-0.15, -0.1) is 11.3 Å². The Balaban J connectivity index is 1.14. The van der Waals surface area contributed by atoms with Crippen LogP contribution in [0.5, 0.6) is 0 Å². The van der Waals surface area contributed by atoms with Crippen molar-refractivity contribution in [2.75, 3.05) is 44.3 Å². The summed E-state index contributed by atoms with van der Waals surface area (Å²) in [6, 6.07) is 8.47. The molecule has 0 saturated carbocycles. The first-order valence-corrected chi connectivity index (χ1v) is 11.4. The monoisotopic (exact) mass is 426 g/mol. The number of anilines is 1. The highest BCUT2D eigenvalue weighted by Gasteiger charge is 2.27. The zero-order valence-electron chi connectivity index (χ0n) is 16.8. The Hall–Kier alpha value is -2.49. The molecular weight excluding hydrogens is 400 g/mol. The lowest BCUT2D eigenvalue weighted by Gasteiger charge is -2.40. The molecule has 2 aliphatic rings. The summed E-state index contributed by atoms with van der Waals surface area (Å²) in [6.07, 6.45) is 2.26. The fourth-order valence-electron chi connectivity index (χ4n) is 4.22. The summed E-state index contributed by atoms with van der Waals surface area (Å²) in [5.74, 6) is 0.575. The largest absolute Gasteiger partial charge is 0.379 e. The second-order valence-electron chi connectivity index (χ2n) is 7.77. The molecule has 0 bridgehead atoms. The molecule has 9 heteroatoms. The lowest BCUT2D eigenvalue weighted by atomic mass is 10.0. The van der Waals surface area contributed by atoms with Crippen LogP contribution in [0.25, 0.3) is 11.0 Å². The number of carbonyl (C=O) groups excluding carboxylic acids is 1. The van der Waals surface area contributed by atoms with E-state index in [1.165, 1.54) is 0 Å². The number of aromatic amines is 1. The quantitative estimate of drug-likeness (QED) is 0.651. The molecular formula is C21H26N6O2S.